The number of anilines is 2. The van der Waals surface area contributed by atoms with Gasteiger partial charge in [0, 0.05) is 5.69 Å². The van der Waals surface area contributed by atoms with E-state index in [1.54, 1.807) is 0 Å². The van der Waals surface area contributed by atoms with Crippen molar-refractivity contribution in [2.45, 2.75) is 13.5 Å². The molecule has 0 saturated heterocycles. The number of pyridine rings is 1. The predicted molar refractivity (Wildman–Crippen MR) is 57.1 cm³/mol. The summed E-state index contributed by atoms with van der Waals surface area (Å²) in [5.41, 5.74) is 7.30. The van der Waals surface area contributed by atoms with Gasteiger partial charge in [-0.15, -0.1) is 0 Å². The Morgan fingerprint density at radius 2 is 2.33 bits per heavy atom. The van der Waals surface area contributed by atoms with Crippen molar-refractivity contribution in [1.29, 1.82) is 0 Å². The zero-order valence-corrected chi connectivity index (χ0v) is 8.36. The van der Waals surface area contributed by atoms with Gasteiger partial charge in [-0.25, -0.2) is 9.97 Å². The number of aromatic amines is 1. The lowest BCUT2D eigenvalue weighted by atomic mass is 10.3. The van der Waals surface area contributed by atoms with Crippen LogP contribution >= 0.6 is 0 Å². The van der Waals surface area contributed by atoms with Crippen LogP contribution < -0.4 is 11.1 Å². The van der Waals surface area contributed by atoms with Crippen molar-refractivity contribution in [3.63, 3.8) is 0 Å². The van der Waals surface area contributed by atoms with E-state index in [0.29, 0.717) is 18.1 Å². The summed E-state index contributed by atoms with van der Waals surface area (Å²) in [6, 6.07) is 3.69. The highest BCUT2D eigenvalue weighted by Crippen LogP contribution is 2.15. The third kappa shape index (κ3) is 2.22. The van der Waals surface area contributed by atoms with Crippen molar-refractivity contribution in [3.05, 3.63) is 30.0 Å². The van der Waals surface area contributed by atoms with Crippen molar-refractivity contribution in [2.24, 2.45) is 0 Å². The number of nitrogen functional groups attached to an aromatic ring is 1. The van der Waals surface area contributed by atoms with Crippen LogP contribution in [0, 0.1) is 6.92 Å². The molecule has 2 rings (SSSR count). The first-order valence-corrected chi connectivity index (χ1v) is 4.57. The van der Waals surface area contributed by atoms with Gasteiger partial charge in [-0.1, -0.05) is 0 Å². The molecule has 6 heteroatoms. The maximum atomic E-state index is 5.76. The minimum absolute atomic E-state index is 0.528. The Morgan fingerprint density at radius 1 is 1.47 bits per heavy atom. The highest BCUT2D eigenvalue weighted by molar-refractivity contribution is 5.61. The Hall–Kier alpha value is -2.11. The van der Waals surface area contributed by atoms with Crippen molar-refractivity contribution in [3.8, 4) is 0 Å². The first-order valence-electron chi connectivity index (χ1n) is 4.57. The van der Waals surface area contributed by atoms with Crippen molar-refractivity contribution < 1.29 is 0 Å². The molecule has 0 aliphatic carbocycles. The average Bonchev–Trinajstić information content (AvgIpc) is 2.72. The number of nitrogens with one attached hydrogen (secondary N) is 2. The average molecular weight is 204 g/mol. The largest absolute Gasteiger partial charge is 0.396 e. The van der Waals surface area contributed by atoms with E-state index in [2.05, 4.69) is 25.5 Å². The number of nitrogens with zero attached hydrogens (tertiary/aromatic N) is 3. The Bertz CT molecular complexity index is 436. The number of hydrogen-bond donors (Lipinski definition) is 3. The van der Waals surface area contributed by atoms with Gasteiger partial charge in [-0.2, -0.15) is 5.10 Å². The fourth-order valence-corrected chi connectivity index (χ4v) is 1.19. The summed E-state index contributed by atoms with van der Waals surface area (Å²) in [4.78, 5) is 8.26. The number of aromatic nitrogens is 4. The monoisotopic (exact) mass is 204 g/mol. The van der Waals surface area contributed by atoms with E-state index >= 15 is 0 Å². The van der Waals surface area contributed by atoms with E-state index in [-0.39, 0.29) is 0 Å². The van der Waals surface area contributed by atoms with Crippen molar-refractivity contribution in [1.82, 2.24) is 20.2 Å². The van der Waals surface area contributed by atoms with E-state index in [4.69, 9.17) is 5.73 Å². The second-order valence-corrected chi connectivity index (χ2v) is 3.18. The van der Waals surface area contributed by atoms with E-state index in [1.807, 2.05) is 19.1 Å². The molecular formula is C9H12N6. The minimum Gasteiger partial charge on any atom is -0.396 e. The second kappa shape index (κ2) is 3.95. The van der Waals surface area contributed by atoms with Crippen LogP contribution in [0.15, 0.2) is 18.5 Å². The molecule has 0 spiro atoms. The molecule has 2 heterocycles. The maximum Gasteiger partial charge on any atom is 0.149 e. The number of nitrogens with two attached hydrogens (primary N) is 1. The summed E-state index contributed by atoms with van der Waals surface area (Å²) in [5, 5.41) is 9.58. The van der Waals surface area contributed by atoms with E-state index in [1.165, 1.54) is 6.33 Å². The highest BCUT2D eigenvalue weighted by Gasteiger charge is 2.01. The Labute approximate surface area is 86.9 Å². The molecule has 2 aromatic rings. The molecule has 0 unspecified atom stereocenters. The lowest BCUT2D eigenvalue weighted by molar-refractivity contribution is 0.946. The molecule has 0 radical (unpaired) electrons. The summed E-state index contributed by atoms with van der Waals surface area (Å²) in [6.45, 7) is 2.44. The molecule has 0 saturated carbocycles. The van der Waals surface area contributed by atoms with Gasteiger partial charge >= 0.3 is 0 Å². The third-order valence-corrected chi connectivity index (χ3v) is 1.95. The van der Waals surface area contributed by atoms with Crippen LogP contribution in [-0.4, -0.2) is 20.2 Å². The smallest absolute Gasteiger partial charge is 0.149 e. The van der Waals surface area contributed by atoms with Crippen LogP contribution in [0.2, 0.25) is 0 Å². The van der Waals surface area contributed by atoms with Crippen molar-refractivity contribution in [2.75, 3.05) is 11.1 Å². The Kier molecular flexibility index (Phi) is 2.49. The molecule has 78 valence electrons. The van der Waals surface area contributed by atoms with Gasteiger partial charge in [0.2, 0.25) is 0 Å². The first-order chi connectivity index (χ1) is 7.25. The molecule has 0 amide bonds. The van der Waals surface area contributed by atoms with Crippen LogP contribution in [0.1, 0.15) is 11.5 Å². The van der Waals surface area contributed by atoms with Crippen LogP contribution in [0.5, 0.6) is 0 Å². The molecule has 0 aromatic carbocycles. The number of hydrogen-bond acceptors (Lipinski definition) is 5. The standard InChI is InChI=1S/C9H12N6/c1-6-2-3-7(10)9(14-6)11-4-8-12-5-13-15-8/h2-3,5H,4,10H2,1H3,(H,11,14)(H,12,13,15). The summed E-state index contributed by atoms with van der Waals surface area (Å²) in [5.74, 6) is 1.42. The van der Waals surface area contributed by atoms with Gasteiger partial charge in [0.05, 0.1) is 12.2 Å². The fraction of sp³-hybridized carbons (Fsp3) is 0.222. The molecule has 0 atom stereocenters. The number of aryl methyl sites for hydroxylation is 1. The normalized spacial score (nSPS) is 10.2. The van der Waals surface area contributed by atoms with E-state index in [0.717, 1.165) is 11.5 Å². The lowest BCUT2D eigenvalue weighted by Crippen LogP contribution is -2.06. The van der Waals surface area contributed by atoms with Gasteiger partial charge in [0.25, 0.3) is 0 Å². The predicted octanol–water partition coefficient (Wildman–Crippen LogP) is 0.702. The molecule has 0 aliphatic heterocycles. The van der Waals surface area contributed by atoms with Crippen LogP contribution in [-0.2, 0) is 6.54 Å². The highest BCUT2D eigenvalue weighted by atomic mass is 15.2. The van der Waals surface area contributed by atoms with Gasteiger partial charge in [0.1, 0.15) is 18.0 Å². The Balaban J connectivity index is 2.07. The van der Waals surface area contributed by atoms with E-state index < -0.39 is 0 Å². The van der Waals surface area contributed by atoms with Crippen molar-refractivity contribution >= 4 is 11.5 Å². The van der Waals surface area contributed by atoms with Gasteiger partial charge in [0.15, 0.2) is 0 Å². The summed E-state index contributed by atoms with van der Waals surface area (Å²) < 4.78 is 0. The molecule has 2 aromatic heterocycles. The third-order valence-electron chi connectivity index (χ3n) is 1.95. The maximum absolute atomic E-state index is 5.76. The minimum atomic E-state index is 0.528. The zero-order chi connectivity index (χ0) is 10.7. The molecular weight excluding hydrogens is 192 g/mol. The SMILES string of the molecule is Cc1ccc(N)c(NCc2ncn[nH]2)n1. The lowest BCUT2D eigenvalue weighted by Gasteiger charge is -2.06. The summed E-state index contributed by atoms with van der Waals surface area (Å²) in [6.07, 6.45) is 1.46. The topological polar surface area (TPSA) is 92.5 Å². The number of H-pyrrole nitrogens is 1. The first kappa shape index (κ1) is 9.45. The van der Waals surface area contributed by atoms with Gasteiger partial charge in [-0.05, 0) is 19.1 Å². The van der Waals surface area contributed by atoms with Crippen LogP contribution in [0.25, 0.3) is 0 Å². The molecule has 0 bridgehead atoms. The molecule has 6 nitrogen and oxygen atoms in total. The zero-order valence-electron chi connectivity index (χ0n) is 8.36. The molecule has 15 heavy (non-hydrogen) atoms. The van der Waals surface area contributed by atoms with Gasteiger partial charge in [-0.3, -0.25) is 5.10 Å². The fourth-order valence-electron chi connectivity index (χ4n) is 1.19. The van der Waals surface area contributed by atoms with Gasteiger partial charge < -0.3 is 11.1 Å². The quantitative estimate of drug-likeness (QED) is 0.684. The molecule has 0 aliphatic rings. The molecule has 0 fully saturated rings. The van der Waals surface area contributed by atoms with E-state index in [9.17, 15) is 0 Å². The van der Waals surface area contributed by atoms with Crippen LogP contribution in [0.4, 0.5) is 11.5 Å². The molecule has 4 N–H and O–H groups in total. The summed E-state index contributed by atoms with van der Waals surface area (Å²) in [7, 11) is 0. The summed E-state index contributed by atoms with van der Waals surface area (Å²) >= 11 is 0. The number of rotatable bonds is 3. The Morgan fingerprint density at radius 3 is 3.07 bits per heavy atom. The van der Waals surface area contributed by atoms with Crippen LogP contribution in [0.3, 0.4) is 0 Å². The second-order valence-electron chi connectivity index (χ2n) is 3.18.